The molecule has 38 heavy (non-hydrogen) atoms. The van der Waals surface area contributed by atoms with Crippen molar-refractivity contribution in [1.82, 2.24) is 0 Å². The molecule has 0 bridgehead atoms. The molecule has 3 aromatic rings. The Bertz CT molecular complexity index is 1400. The van der Waals surface area contributed by atoms with Crippen molar-refractivity contribution in [2.75, 3.05) is 0 Å². The third kappa shape index (κ3) is 6.35. The Kier molecular flexibility index (Phi) is 8.91. The summed E-state index contributed by atoms with van der Waals surface area (Å²) in [5.41, 5.74) is 14.5. The lowest BCUT2D eigenvalue weighted by Gasteiger charge is -2.21. The molecule has 0 radical (unpaired) electrons. The Morgan fingerprint density at radius 1 is 0.421 bits per heavy atom. The van der Waals surface area contributed by atoms with Crippen molar-refractivity contribution in [3.05, 3.63) is 78.6 Å². The van der Waals surface area contributed by atoms with E-state index in [9.17, 15) is 0 Å². The summed E-state index contributed by atoms with van der Waals surface area (Å²) in [6, 6.07) is 0. The van der Waals surface area contributed by atoms with E-state index in [1.165, 1.54) is 75.1 Å². The van der Waals surface area contributed by atoms with Crippen LogP contribution in [0.25, 0.3) is 33.0 Å². The summed E-state index contributed by atoms with van der Waals surface area (Å²) >= 11 is 3.89. The Labute approximate surface area is 241 Å². The summed E-state index contributed by atoms with van der Waals surface area (Å²) in [6.07, 6.45) is 13.6. The van der Waals surface area contributed by atoms with Crippen LogP contribution in [0.1, 0.15) is 95.8 Å². The molecule has 2 heteroatoms. The predicted molar refractivity (Wildman–Crippen MR) is 177 cm³/mol. The number of benzene rings is 1. The minimum Gasteiger partial charge on any atom is -0.135 e. The van der Waals surface area contributed by atoms with Gasteiger partial charge in [-0.2, -0.15) is 0 Å². The highest BCUT2D eigenvalue weighted by Crippen LogP contribution is 2.47. The lowest BCUT2D eigenvalue weighted by Crippen LogP contribution is -2.00. The zero-order valence-electron chi connectivity index (χ0n) is 26.3. The number of hydrogen-bond acceptors (Lipinski definition) is 2. The smallest absolute Gasteiger partial charge is 0.0386 e. The largest absolute Gasteiger partial charge is 0.135 e. The number of hydrogen-bond donors (Lipinski definition) is 0. The highest BCUT2D eigenvalue weighted by Gasteiger charge is 2.23. The van der Waals surface area contributed by atoms with Crippen LogP contribution in [0.4, 0.5) is 0 Å². The first kappa shape index (κ1) is 30.4. The van der Waals surface area contributed by atoms with E-state index in [0.29, 0.717) is 0 Å². The first-order chi connectivity index (χ1) is 17.4. The highest BCUT2D eigenvalue weighted by atomic mass is 32.1. The van der Waals surface area contributed by atoms with Crippen molar-refractivity contribution in [3.63, 3.8) is 0 Å². The molecule has 204 valence electrons. The first-order valence-corrected chi connectivity index (χ1v) is 15.4. The van der Waals surface area contributed by atoms with E-state index in [0.717, 1.165) is 0 Å². The average Bonchev–Trinajstić information content (AvgIpc) is 3.24. The maximum Gasteiger partial charge on any atom is 0.0386 e. The average molecular weight is 545 g/mol. The van der Waals surface area contributed by atoms with Gasteiger partial charge in [0.1, 0.15) is 0 Å². The van der Waals surface area contributed by atoms with Gasteiger partial charge in [-0.15, -0.1) is 22.7 Å². The van der Waals surface area contributed by atoms with Crippen LogP contribution < -0.4 is 0 Å². The van der Waals surface area contributed by atoms with Gasteiger partial charge in [0.15, 0.2) is 0 Å². The third-order valence-corrected chi connectivity index (χ3v) is 10.5. The maximum absolute atomic E-state index is 2.33. The fourth-order valence-corrected chi connectivity index (χ4v) is 7.60. The van der Waals surface area contributed by atoms with Gasteiger partial charge in [-0.1, -0.05) is 65.8 Å². The molecule has 0 fully saturated rings. The number of allylic oxidation sites excluding steroid dienone is 4. The van der Waals surface area contributed by atoms with E-state index in [1.807, 2.05) is 22.7 Å². The fraction of sp³-hybridized carbons (Fsp3) is 0.444. The number of rotatable bonds is 5. The second-order valence-electron chi connectivity index (χ2n) is 13.1. The molecule has 0 unspecified atom stereocenters. The van der Waals surface area contributed by atoms with Gasteiger partial charge in [-0.25, -0.2) is 0 Å². The van der Waals surface area contributed by atoms with Crippen molar-refractivity contribution in [3.8, 4) is 20.9 Å². The highest BCUT2D eigenvalue weighted by molar-refractivity contribution is 7.17. The van der Waals surface area contributed by atoms with E-state index in [-0.39, 0.29) is 10.8 Å². The second kappa shape index (κ2) is 11.1. The van der Waals surface area contributed by atoms with Crippen molar-refractivity contribution in [2.45, 2.75) is 96.9 Å². The molecule has 2 heterocycles. The van der Waals surface area contributed by atoms with Crippen LogP contribution in [0.5, 0.6) is 0 Å². The van der Waals surface area contributed by atoms with Crippen LogP contribution in [0.2, 0.25) is 0 Å². The monoisotopic (exact) mass is 544 g/mol. The van der Waals surface area contributed by atoms with Crippen LogP contribution >= 0.6 is 22.7 Å². The van der Waals surface area contributed by atoms with Crippen molar-refractivity contribution < 1.29 is 0 Å². The van der Waals surface area contributed by atoms with Crippen LogP contribution in [0, 0.1) is 66.2 Å². The van der Waals surface area contributed by atoms with Gasteiger partial charge in [0, 0.05) is 19.5 Å². The van der Waals surface area contributed by atoms with Gasteiger partial charge in [-0.3, -0.25) is 0 Å². The fourth-order valence-electron chi connectivity index (χ4n) is 4.84. The van der Waals surface area contributed by atoms with Crippen LogP contribution in [0.3, 0.4) is 0 Å². The van der Waals surface area contributed by atoms with Crippen molar-refractivity contribution in [1.29, 1.82) is 0 Å². The number of thiophene rings is 2. The molecule has 0 N–H and O–H groups in total. The summed E-state index contributed by atoms with van der Waals surface area (Å²) in [5.74, 6) is 0. The summed E-state index contributed by atoms with van der Waals surface area (Å²) in [6.45, 7) is 31.9. The van der Waals surface area contributed by atoms with Gasteiger partial charge < -0.3 is 0 Å². The molecule has 0 aliphatic rings. The van der Waals surface area contributed by atoms with Gasteiger partial charge >= 0.3 is 0 Å². The Morgan fingerprint density at radius 2 is 0.789 bits per heavy atom. The molecule has 0 saturated heterocycles. The topological polar surface area (TPSA) is 0 Å². The molecule has 0 atom stereocenters. The molecule has 0 spiro atoms. The van der Waals surface area contributed by atoms with Gasteiger partial charge in [0.2, 0.25) is 0 Å². The van der Waals surface area contributed by atoms with E-state index >= 15 is 0 Å². The van der Waals surface area contributed by atoms with Gasteiger partial charge in [0.05, 0.1) is 0 Å². The molecular weight excluding hydrogens is 497 g/mol. The lowest BCUT2D eigenvalue weighted by molar-refractivity contribution is 0.544. The third-order valence-electron chi connectivity index (χ3n) is 7.74. The van der Waals surface area contributed by atoms with E-state index in [1.54, 1.807) is 0 Å². The zero-order valence-corrected chi connectivity index (χ0v) is 27.9. The van der Waals surface area contributed by atoms with Crippen molar-refractivity contribution in [2.24, 2.45) is 10.8 Å². The molecule has 0 aliphatic heterocycles. The van der Waals surface area contributed by atoms with Crippen LogP contribution in [-0.2, 0) is 0 Å². The Hall–Kier alpha value is -2.16. The van der Waals surface area contributed by atoms with Crippen LogP contribution in [-0.4, -0.2) is 0 Å². The summed E-state index contributed by atoms with van der Waals surface area (Å²) in [4.78, 5) is 5.58. The first-order valence-electron chi connectivity index (χ1n) is 13.8. The SMILES string of the molecule is Cc1c(/C=C/C=C/C(C)(C)C)sc(-c2c(C)c(C)c(-c3sc(/C=C/C(C)(C)C)c(C)c3C)c(C)c2C)c1C. The molecule has 0 aliphatic carbocycles. The van der Waals surface area contributed by atoms with E-state index < -0.39 is 0 Å². The van der Waals surface area contributed by atoms with E-state index in [4.69, 9.17) is 0 Å². The maximum atomic E-state index is 2.33. The summed E-state index contributed by atoms with van der Waals surface area (Å²) in [7, 11) is 0. The zero-order chi connectivity index (χ0) is 28.7. The molecular formula is C36H48S2. The van der Waals surface area contributed by atoms with Crippen molar-refractivity contribution >= 4 is 34.8 Å². The molecule has 3 rings (SSSR count). The minimum atomic E-state index is 0.179. The molecule has 0 saturated carbocycles. The summed E-state index contributed by atoms with van der Waals surface area (Å²) in [5, 5.41) is 0. The second-order valence-corrected chi connectivity index (χ2v) is 15.2. The van der Waals surface area contributed by atoms with E-state index in [2.05, 4.69) is 133 Å². The Balaban J connectivity index is 2.15. The standard InChI is InChI=1S/C36H48S2/c1-21-27(7)33(37-29(21)17-15-16-19-35(9,10)11)31-23(3)25(5)32(26(6)24(31)4)34-28(8)22(2)30(38-34)18-20-36(12,13)14/h15-20H,1-14H3/b17-15+,19-16+,20-18+. The molecule has 0 nitrogen and oxygen atoms in total. The van der Waals surface area contributed by atoms with Gasteiger partial charge in [0.25, 0.3) is 0 Å². The summed E-state index contributed by atoms with van der Waals surface area (Å²) < 4.78 is 0. The predicted octanol–water partition coefficient (Wildman–Crippen LogP) is 12.3. The molecule has 2 aromatic heterocycles. The Morgan fingerprint density at radius 3 is 1.16 bits per heavy atom. The quantitative estimate of drug-likeness (QED) is 0.280. The van der Waals surface area contributed by atoms with Gasteiger partial charge in [-0.05, 0) is 134 Å². The minimum absolute atomic E-state index is 0.179. The van der Waals surface area contributed by atoms with Crippen LogP contribution in [0.15, 0.2) is 24.3 Å². The molecule has 0 amide bonds. The normalized spacial score (nSPS) is 13.2. The lowest BCUT2D eigenvalue weighted by atomic mass is 9.86. The molecule has 1 aromatic carbocycles.